The SMILES string of the molecule is CCNC(=NCc1cc(C(CC)CC)no1)NCC1CCN(C2CC2)C1. The van der Waals surface area contributed by atoms with Crippen molar-refractivity contribution >= 4 is 5.96 Å². The Bertz CT molecular complexity index is 577. The summed E-state index contributed by atoms with van der Waals surface area (Å²) in [6.45, 7) is 11.4. The maximum absolute atomic E-state index is 5.48. The zero-order chi connectivity index (χ0) is 18.4. The molecule has 26 heavy (non-hydrogen) atoms. The molecule has 0 aromatic carbocycles. The summed E-state index contributed by atoms with van der Waals surface area (Å²) < 4.78 is 5.48. The van der Waals surface area contributed by atoms with Crippen molar-refractivity contribution < 1.29 is 4.52 Å². The highest BCUT2D eigenvalue weighted by Gasteiger charge is 2.34. The molecule has 0 radical (unpaired) electrons. The molecule has 3 rings (SSSR count). The lowest BCUT2D eigenvalue weighted by molar-refractivity contribution is 0.314. The molecule has 0 spiro atoms. The highest BCUT2D eigenvalue weighted by molar-refractivity contribution is 5.79. The normalized spacial score (nSPS) is 21.5. The van der Waals surface area contributed by atoms with Gasteiger partial charge in [-0.05, 0) is 51.5 Å². The molecule has 1 atom stereocenters. The van der Waals surface area contributed by atoms with Gasteiger partial charge in [0.25, 0.3) is 0 Å². The number of nitrogens with one attached hydrogen (secondary N) is 2. The first kappa shape index (κ1) is 19.2. The fourth-order valence-corrected chi connectivity index (χ4v) is 3.84. The van der Waals surface area contributed by atoms with Crippen LogP contribution < -0.4 is 10.6 Å². The number of guanidine groups is 1. The minimum atomic E-state index is 0.486. The van der Waals surface area contributed by atoms with Crippen LogP contribution in [0.1, 0.15) is 70.2 Å². The molecular formula is C20H35N5O. The predicted molar refractivity (Wildman–Crippen MR) is 105 cm³/mol. The Balaban J connectivity index is 1.49. The summed E-state index contributed by atoms with van der Waals surface area (Å²) in [5.74, 6) is 2.92. The van der Waals surface area contributed by atoms with Gasteiger partial charge in [-0.2, -0.15) is 0 Å². The molecule has 1 unspecified atom stereocenters. The number of hydrogen-bond donors (Lipinski definition) is 2. The maximum Gasteiger partial charge on any atom is 0.191 e. The number of aliphatic imine (C=N–C) groups is 1. The van der Waals surface area contributed by atoms with Crippen LogP contribution in [0.4, 0.5) is 0 Å². The first-order chi connectivity index (χ1) is 12.7. The Morgan fingerprint density at radius 2 is 2.08 bits per heavy atom. The average molecular weight is 362 g/mol. The molecule has 2 N–H and O–H groups in total. The van der Waals surface area contributed by atoms with Crippen molar-refractivity contribution in [2.24, 2.45) is 10.9 Å². The Labute approximate surface area is 157 Å². The van der Waals surface area contributed by atoms with Gasteiger partial charge in [-0.3, -0.25) is 0 Å². The molecule has 1 saturated heterocycles. The number of likely N-dealkylation sites (tertiary alicyclic amines) is 1. The smallest absolute Gasteiger partial charge is 0.191 e. The van der Waals surface area contributed by atoms with Gasteiger partial charge in [0.15, 0.2) is 11.7 Å². The van der Waals surface area contributed by atoms with Gasteiger partial charge in [-0.1, -0.05) is 19.0 Å². The molecule has 2 fully saturated rings. The lowest BCUT2D eigenvalue weighted by Gasteiger charge is -2.16. The second kappa shape index (κ2) is 9.40. The molecule has 1 saturated carbocycles. The largest absolute Gasteiger partial charge is 0.359 e. The number of nitrogens with zero attached hydrogens (tertiary/aromatic N) is 3. The summed E-state index contributed by atoms with van der Waals surface area (Å²) in [5.41, 5.74) is 1.06. The van der Waals surface area contributed by atoms with Crippen LogP contribution in [-0.2, 0) is 6.54 Å². The van der Waals surface area contributed by atoms with Gasteiger partial charge >= 0.3 is 0 Å². The lowest BCUT2D eigenvalue weighted by atomic mass is 9.99. The van der Waals surface area contributed by atoms with E-state index >= 15 is 0 Å². The Kier molecular flexibility index (Phi) is 6.94. The van der Waals surface area contributed by atoms with Gasteiger partial charge in [-0.25, -0.2) is 4.99 Å². The van der Waals surface area contributed by atoms with Crippen LogP contribution in [0.25, 0.3) is 0 Å². The first-order valence-corrected chi connectivity index (χ1v) is 10.4. The van der Waals surface area contributed by atoms with Crippen LogP contribution in [0.15, 0.2) is 15.6 Å². The van der Waals surface area contributed by atoms with E-state index in [1.807, 2.05) is 0 Å². The molecule has 6 heteroatoms. The summed E-state index contributed by atoms with van der Waals surface area (Å²) in [4.78, 5) is 7.34. The molecule has 146 valence electrons. The number of rotatable bonds is 9. The van der Waals surface area contributed by atoms with E-state index in [9.17, 15) is 0 Å². The Morgan fingerprint density at radius 1 is 1.27 bits per heavy atom. The second-order valence-electron chi connectivity index (χ2n) is 7.69. The van der Waals surface area contributed by atoms with E-state index < -0.39 is 0 Å². The minimum absolute atomic E-state index is 0.486. The summed E-state index contributed by atoms with van der Waals surface area (Å²) >= 11 is 0. The molecule has 1 aromatic heterocycles. The minimum Gasteiger partial charge on any atom is -0.359 e. The van der Waals surface area contributed by atoms with Crippen molar-refractivity contribution in [3.63, 3.8) is 0 Å². The molecular weight excluding hydrogens is 326 g/mol. The van der Waals surface area contributed by atoms with Gasteiger partial charge < -0.3 is 20.1 Å². The van der Waals surface area contributed by atoms with E-state index in [0.29, 0.717) is 12.5 Å². The van der Waals surface area contributed by atoms with Crippen LogP contribution in [0, 0.1) is 5.92 Å². The van der Waals surface area contributed by atoms with Crippen LogP contribution >= 0.6 is 0 Å². The van der Waals surface area contributed by atoms with E-state index in [-0.39, 0.29) is 0 Å². The molecule has 0 bridgehead atoms. The van der Waals surface area contributed by atoms with Gasteiger partial charge in [-0.15, -0.1) is 0 Å². The quantitative estimate of drug-likeness (QED) is 0.523. The van der Waals surface area contributed by atoms with Crippen molar-refractivity contribution in [2.45, 2.75) is 71.4 Å². The highest BCUT2D eigenvalue weighted by atomic mass is 16.5. The van der Waals surface area contributed by atoms with E-state index in [0.717, 1.165) is 55.3 Å². The van der Waals surface area contributed by atoms with Gasteiger partial charge in [0.1, 0.15) is 6.54 Å². The standard InChI is InChI=1S/C20H35N5O/c1-4-16(5-2)19-11-18(26-24-19)13-23-20(21-6-3)22-12-15-9-10-25(14-15)17-7-8-17/h11,15-17H,4-10,12-14H2,1-3H3,(H2,21,22,23). The fourth-order valence-electron chi connectivity index (χ4n) is 3.84. The van der Waals surface area contributed by atoms with E-state index in [1.54, 1.807) is 0 Å². The fraction of sp³-hybridized carbons (Fsp3) is 0.800. The van der Waals surface area contributed by atoms with E-state index in [4.69, 9.17) is 4.52 Å². The zero-order valence-electron chi connectivity index (χ0n) is 16.6. The van der Waals surface area contributed by atoms with Gasteiger partial charge in [0, 0.05) is 37.7 Å². The Morgan fingerprint density at radius 3 is 2.77 bits per heavy atom. The van der Waals surface area contributed by atoms with Gasteiger partial charge in [0.2, 0.25) is 0 Å². The predicted octanol–water partition coefficient (Wildman–Crippen LogP) is 3.12. The molecule has 2 heterocycles. The van der Waals surface area contributed by atoms with Crippen molar-refractivity contribution in [3.8, 4) is 0 Å². The van der Waals surface area contributed by atoms with Gasteiger partial charge in [0.05, 0.1) is 5.69 Å². The summed E-state index contributed by atoms with van der Waals surface area (Å²) in [6.07, 6.45) is 6.29. The lowest BCUT2D eigenvalue weighted by Crippen LogP contribution is -2.40. The van der Waals surface area contributed by atoms with Crippen molar-refractivity contribution in [3.05, 3.63) is 17.5 Å². The van der Waals surface area contributed by atoms with Crippen molar-refractivity contribution in [1.82, 2.24) is 20.7 Å². The Hall–Kier alpha value is -1.56. The third-order valence-electron chi connectivity index (χ3n) is 5.66. The third-order valence-corrected chi connectivity index (χ3v) is 5.66. The zero-order valence-corrected chi connectivity index (χ0v) is 16.6. The summed E-state index contributed by atoms with van der Waals surface area (Å²) in [7, 11) is 0. The maximum atomic E-state index is 5.48. The van der Waals surface area contributed by atoms with E-state index in [2.05, 4.69) is 52.5 Å². The molecule has 2 aliphatic rings. The molecule has 0 amide bonds. The third kappa shape index (κ3) is 5.22. The van der Waals surface area contributed by atoms with Crippen LogP contribution in [-0.4, -0.2) is 48.2 Å². The summed E-state index contributed by atoms with van der Waals surface area (Å²) in [6, 6.07) is 2.95. The van der Waals surface area contributed by atoms with Crippen LogP contribution in [0.2, 0.25) is 0 Å². The molecule has 6 nitrogen and oxygen atoms in total. The van der Waals surface area contributed by atoms with E-state index in [1.165, 1.54) is 32.4 Å². The van der Waals surface area contributed by atoms with Crippen molar-refractivity contribution in [2.75, 3.05) is 26.2 Å². The highest BCUT2D eigenvalue weighted by Crippen LogP contribution is 2.31. The van der Waals surface area contributed by atoms with Crippen molar-refractivity contribution in [1.29, 1.82) is 0 Å². The topological polar surface area (TPSA) is 65.7 Å². The number of aromatic nitrogens is 1. The molecule has 1 aliphatic carbocycles. The second-order valence-corrected chi connectivity index (χ2v) is 7.69. The average Bonchev–Trinajstić information content (AvgIpc) is 3.21. The van der Waals surface area contributed by atoms with Crippen LogP contribution in [0.3, 0.4) is 0 Å². The first-order valence-electron chi connectivity index (χ1n) is 10.4. The summed E-state index contributed by atoms with van der Waals surface area (Å²) in [5, 5.41) is 11.1. The number of hydrogen-bond acceptors (Lipinski definition) is 4. The molecule has 1 aromatic rings. The monoisotopic (exact) mass is 361 g/mol. The van der Waals surface area contributed by atoms with Crippen LogP contribution in [0.5, 0.6) is 0 Å². The molecule has 1 aliphatic heterocycles.